The summed E-state index contributed by atoms with van der Waals surface area (Å²) in [6, 6.07) is 18.6. The van der Waals surface area contributed by atoms with E-state index in [-0.39, 0.29) is 10.2 Å². The molecule has 0 aromatic heterocycles. The first-order valence-electron chi connectivity index (χ1n) is 6.93. The summed E-state index contributed by atoms with van der Waals surface area (Å²) in [4.78, 5) is 25.4. The van der Waals surface area contributed by atoms with Gasteiger partial charge in [-0.25, -0.2) is 0 Å². The summed E-state index contributed by atoms with van der Waals surface area (Å²) in [6.07, 6.45) is 0. The van der Waals surface area contributed by atoms with E-state index in [4.69, 9.17) is 17.3 Å². The lowest BCUT2D eigenvalue weighted by Crippen LogP contribution is -2.41. The van der Waals surface area contributed by atoms with Gasteiger partial charge in [0, 0.05) is 0 Å². The molecule has 3 rings (SSSR count). The number of amides is 1. The lowest BCUT2D eigenvalue weighted by molar-refractivity contribution is -0.141. The van der Waals surface area contributed by atoms with Gasteiger partial charge < -0.3 is 5.11 Å². The van der Waals surface area contributed by atoms with Crippen LogP contribution in [0, 0.1) is 0 Å². The van der Waals surface area contributed by atoms with Crippen LogP contribution in [-0.2, 0) is 14.3 Å². The van der Waals surface area contributed by atoms with Crippen LogP contribution in [0.2, 0.25) is 0 Å². The maximum absolute atomic E-state index is 13.1. The van der Waals surface area contributed by atoms with Crippen LogP contribution in [-0.4, -0.2) is 32.7 Å². The molecule has 2 aromatic carbocycles. The Morgan fingerprint density at radius 3 is 1.96 bits per heavy atom. The van der Waals surface area contributed by atoms with Crippen molar-refractivity contribution in [2.45, 2.75) is 4.75 Å². The third kappa shape index (κ3) is 2.64. The fourth-order valence-corrected chi connectivity index (χ4v) is 4.40. The van der Waals surface area contributed by atoms with Crippen LogP contribution in [0.5, 0.6) is 0 Å². The highest BCUT2D eigenvalue weighted by atomic mass is 32.2. The molecule has 0 saturated carbocycles. The minimum atomic E-state index is -1.08. The molecule has 0 unspecified atom stereocenters. The van der Waals surface area contributed by atoms with Crippen molar-refractivity contribution in [2.24, 2.45) is 0 Å². The van der Waals surface area contributed by atoms with Gasteiger partial charge in [0.25, 0.3) is 5.91 Å². The van der Waals surface area contributed by atoms with Crippen molar-refractivity contribution in [3.8, 4) is 0 Å². The third-order valence-corrected chi connectivity index (χ3v) is 5.48. The van der Waals surface area contributed by atoms with Gasteiger partial charge in [-0.15, -0.1) is 0 Å². The van der Waals surface area contributed by atoms with Crippen LogP contribution in [0.25, 0.3) is 0 Å². The second-order valence-corrected chi connectivity index (χ2v) is 6.91. The molecule has 0 atom stereocenters. The predicted molar refractivity (Wildman–Crippen MR) is 93.2 cm³/mol. The molecule has 0 aliphatic carbocycles. The SMILES string of the molecule is O=C(O)CN1C(=O)C(c2ccccc2)(c2ccccc2)SC1=S. The predicted octanol–water partition coefficient (Wildman–Crippen LogP) is 2.88. The van der Waals surface area contributed by atoms with Gasteiger partial charge in [0.1, 0.15) is 10.9 Å². The number of carbonyl (C=O) groups excluding carboxylic acids is 1. The van der Waals surface area contributed by atoms with Gasteiger partial charge in [-0.1, -0.05) is 84.6 Å². The first kappa shape index (κ1) is 15.7. The first-order valence-corrected chi connectivity index (χ1v) is 8.16. The van der Waals surface area contributed by atoms with Gasteiger partial charge in [-0.05, 0) is 11.1 Å². The minimum absolute atomic E-state index is 0.283. The van der Waals surface area contributed by atoms with E-state index in [1.54, 1.807) is 0 Å². The van der Waals surface area contributed by atoms with Gasteiger partial charge >= 0.3 is 5.97 Å². The lowest BCUT2D eigenvalue weighted by atomic mass is 9.89. The van der Waals surface area contributed by atoms with Crippen molar-refractivity contribution >= 4 is 40.2 Å². The van der Waals surface area contributed by atoms with E-state index in [9.17, 15) is 9.59 Å². The number of aliphatic carboxylic acids is 1. The number of carboxylic acids is 1. The summed E-state index contributed by atoms with van der Waals surface area (Å²) >= 11 is 6.51. The number of thioether (sulfide) groups is 1. The fraction of sp³-hybridized carbons (Fsp3) is 0.118. The number of hydrogen-bond donors (Lipinski definition) is 1. The van der Waals surface area contributed by atoms with Crippen molar-refractivity contribution in [1.82, 2.24) is 4.90 Å². The molecule has 1 saturated heterocycles. The molecule has 1 amide bonds. The summed E-state index contributed by atoms with van der Waals surface area (Å²) in [7, 11) is 0. The van der Waals surface area contributed by atoms with Crippen molar-refractivity contribution in [2.75, 3.05) is 6.54 Å². The molecule has 2 aromatic rings. The van der Waals surface area contributed by atoms with Crippen molar-refractivity contribution in [3.05, 3.63) is 71.8 Å². The maximum Gasteiger partial charge on any atom is 0.323 e. The largest absolute Gasteiger partial charge is 0.480 e. The molecular weight excluding hydrogens is 330 g/mol. The van der Waals surface area contributed by atoms with Crippen LogP contribution in [0.1, 0.15) is 11.1 Å². The Morgan fingerprint density at radius 2 is 1.52 bits per heavy atom. The van der Waals surface area contributed by atoms with Gasteiger partial charge in [0.15, 0.2) is 4.75 Å². The van der Waals surface area contributed by atoms with Crippen LogP contribution in [0.15, 0.2) is 60.7 Å². The zero-order chi connectivity index (χ0) is 16.4. The number of rotatable bonds is 4. The summed E-state index contributed by atoms with van der Waals surface area (Å²) in [5.74, 6) is -1.40. The molecule has 116 valence electrons. The van der Waals surface area contributed by atoms with Gasteiger partial charge in [-0.3, -0.25) is 14.5 Å². The van der Waals surface area contributed by atoms with E-state index in [1.807, 2.05) is 60.7 Å². The van der Waals surface area contributed by atoms with E-state index in [2.05, 4.69) is 0 Å². The second kappa shape index (κ2) is 6.14. The molecule has 1 aliphatic rings. The summed E-state index contributed by atoms with van der Waals surface area (Å²) in [5.41, 5.74) is 1.58. The first-order chi connectivity index (χ1) is 11.1. The molecule has 0 spiro atoms. The Balaban J connectivity index is 2.17. The quantitative estimate of drug-likeness (QED) is 0.865. The van der Waals surface area contributed by atoms with E-state index in [0.29, 0.717) is 0 Å². The molecule has 4 nitrogen and oxygen atoms in total. The van der Waals surface area contributed by atoms with Crippen LogP contribution in [0.3, 0.4) is 0 Å². The molecule has 1 fully saturated rings. The zero-order valence-electron chi connectivity index (χ0n) is 12.0. The highest BCUT2D eigenvalue weighted by Crippen LogP contribution is 2.50. The standard InChI is InChI=1S/C17H13NO3S2/c19-14(20)11-18-15(21)17(23-16(18)22,12-7-3-1-4-8-12)13-9-5-2-6-10-13/h1-10H,11H2,(H,19,20). The van der Waals surface area contributed by atoms with Crippen LogP contribution < -0.4 is 0 Å². The number of hydrogen-bond acceptors (Lipinski definition) is 4. The van der Waals surface area contributed by atoms with Gasteiger partial charge in [0.05, 0.1) is 0 Å². The van der Waals surface area contributed by atoms with Crippen LogP contribution >= 0.6 is 24.0 Å². The number of nitrogens with zero attached hydrogens (tertiary/aromatic N) is 1. The van der Waals surface area contributed by atoms with Crippen molar-refractivity contribution < 1.29 is 14.7 Å². The minimum Gasteiger partial charge on any atom is -0.480 e. The normalized spacial score (nSPS) is 16.6. The molecular formula is C17H13NO3S2. The van der Waals surface area contributed by atoms with Crippen molar-refractivity contribution in [1.29, 1.82) is 0 Å². The summed E-state index contributed by atoms with van der Waals surface area (Å²) in [6.45, 7) is -0.425. The number of carbonyl (C=O) groups is 2. The maximum atomic E-state index is 13.1. The monoisotopic (exact) mass is 343 g/mol. The average Bonchev–Trinajstić information content (AvgIpc) is 2.82. The smallest absolute Gasteiger partial charge is 0.323 e. The van der Waals surface area contributed by atoms with Crippen molar-refractivity contribution in [3.63, 3.8) is 0 Å². The van der Waals surface area contributed by atoms with Gasteiger partial charge in [-0.2, -0.15) is 0 Å². The highest BCUT2D eigenvalue weighted by molar-refractivity contribution is 8.24. The van der Waals surface area contributed by atoms with E-state index in [0.717, 1.165) is 11.1 Å². The molecule has 0 radical (unpaired) electrons. The molecule has 1 N–H and O–H groups in total. The molecule has 1 heterocycles. The Morgan fingerprint density at radius 1 is 1.04 bits per heavy atom. The number of benzene rings is 2. The Labute approximate surface area is 143 Å². The molecule has 0 bridgehead atoms. The molecule has 1 aliphatic heterocycles. The molecule has 6 heteroatoms. The van der Waals surface area contributed by atoms with E-state index in [1.165, 1.54) is 16.7 Å². The fourth-order valence-electron chi connectivity index (χ4n) is 2.65. The second-order valence-electron chi connectivity index (χ2n) is 5.07. The summed E-state index contributed by atoms with van der Waals surface area (Å²) in [5, 5.41) is 9.06. The highest BCUT2D eigenvalue weighted by Gasteiger charge is 2.53. The Bertz CT molecular complexity index is 722. The lowest BCUT2D eigenvalue weighted by Gasteiger charge is -2.27. The van der Waals surface area contributed by atoms with Crippen LogP contribution in [0.4, 0.5) is 0 Å². The van der Waals surface area contributed by atoms with Gasteiger partial charge in [0.2, 0.25) is 0 Å². The number of thiocarbonyl (C=S) groups is 1. The zero-order valence-corrected chi connectivity index (χ0v) is 13.6. The average molecular weight is 343 g/mol. The number of carboxylic acid groups (broad SMARTS) is 1. The third-order valence-electron chi connectivity index (χ3n) is 3.66. The topological polar surface area (TPSA) is 57.6 Å². The Hall–Kier alpha value is -2.18. The summed E-state index contributed by atoms with van der Waals surface area (Å²) < 4.78 is -0.750. The molecule has 23 heavy (non-hydrogen) atoms. The van der Waals surface area contributed by atoms with E-state index < -0.39 is 17.3 Å². The van der Waals surface area contributed by atoms with E-state index >= 15 is 0 Å². The Kier molecular flexibility index (Phi) is 4.19.